The highest BCUT2D eigenvalue weighted by atomic mass is 32.3. The van der Waals surface area contributed by atoms with Crippen LogP contribution < -0.4 is 11.2 Å². The number of aryl methyl sites for hydroxylation is 1. The minimum atomic E-state index is -4.60. The van der Waals surface area contributed by atoms with Gasteiger partial charge in [-0.15, -0.1) is 0 Å². The summed E-state index contributed by atoms with van der Waals surface area (Å²) in [4.78, 5) is 25.8. The number of hydrogen-bond donors (Lipinski definition) is 3. The summed E-state index contributed by atoms with van der Waals surface area (Å²) in [5.74, 6) is 0. The van der Waals surface area contributed by atoms with E-state index in [1.54, 1.807) is 0 Å². The van der Waals surface area contributed by atoms with Gasteiger partial charge >= 0.3 is 16.1 Å². The van der Waals surface area contributed by atoms with Crippen LogP contribution in [0.2, 0.25) is 0 Å². The average Bonchev–Trinajstić information content (AvgIpc) is 3.13. The van der Waals surface area contributed by atoms with Crippen molar-refractivity contribution < 1.29 is 41.6 Å². The number of rotatable bonds is 12. The van der Waals surface area contributed by atoms with E-state index in [2.05, 4.69) is 4.18 Å². The molecule has 2 aromatic rings. The maximum atomic E-state index is 13.2. The maximum absolute atomic E-state index is 13.2. The first-order chi connectivity index (χ1) is 16.6. The average molecular weight is 517 g/mol. The Balaban J connectivity index is 1.78. The molecule has 0 bridgehead atoms. The van der Waals surface area contributed by atoms with Gasteiger partial charge in [0, 0.05) is 18.4 Å². The lowest BCUT2D eigenvalue weighted by molar-refractivity contribution is -0.0771. The third-order valence-corrected chi connectivity index (χ3v) is 5.76. The Bertz CT molecular complexity index is 1200. The highest BCUT2D eigenvalue weighted by Gasteiger charge is 2.46. The number of aliphatic hydroxyl groups is 2. The highest BCUT2D eigenvalue weighted by Crippen LogP contribution is 2.31. The number of nitrogens with zero attached hydrogens (tertiary/aromatic N) is 2. The molecule has 0 unspecified atom stereocenters. The summed E-state index contributed by atoms with van der Waals surface area (Å²) in [6.45, 7) is 0.289. The second kappa shape index (κ2) is 12.0. The molecule has 3 rings (SSSR count). The third kappa shape index (κ3) is 7.05. The molecule has 3 N–H and O–H groups in total. The Hall–Kier alpha value is -2.43. The number of ether oxygens (including phenoxy) is 3. The zero-order valence-corrected chi connectivity index (χ0v) is 19.7. The van der Waals surface area contributed by atoms with Crippen molar-refractivity contribution in [3.05, 3.63) is 68.5 Å². The van der Waals surface area contributed by atoms with Gasteiger partial charge in [-0.1, -0.05) is 30.3 Å². The Morgan fingerprint density at radius 1 is 1.14 bits per heavy atom. The number of aliphatic hydroxyl groups excluding tert-OH is 2. The zero-order valence-electron chi connectivity index (χ0n) is 18.9. The number of hydrogen-bond acceptors (Lipinski definition) is 10. The molecule has 35 heavy (non-hydrogen) atoms. The quantitative estimate of drug-likeness (QED) is 0.241. The molecule has 1 aliphatic rings. The topological polar surface area (TPSA) is 176 Å². The molecule has 0 radical (unpaired) electrons. The van der Waals surface area contributed by atoms with Crippen LogP contribution >= 0.6 is 0 Å². The molecule has 13 nitrogen and oxygen atoms in total. The van der Waals surface area contributed by atoms with Crippen LogP contribution in [0.15, 0.2) is 46.1 Å². The monoisotopic (exact) mass is 516 g/mol. The molecule has 1 aromatic heterocycles. The molecule has 14 heteroatoms. The molecule has 0 saturated carbocycles. The first-order valence-corrected chi connectivity index (χ1v) is 12.1. The van der Waals surface area contributed by atoms with Crippen molar-refractivity contribution in [2.45, 2.75) is 51.2 Å². The standard InChI is InChI=1S/C21H28N2O11S/c1-14-10-22(21(27)23(19(14)26)13-31-12-15-6-3-2-4-7-15)20-18(17(25)16(11-24)34-20)32-8-5-9-33-35(28,29)30/h2-4,6-7,10,16-18,20,24-25H,5,8-9,11-13H2,1H3,(H,28,29,30)/t16-,17-,18-,20-/m1/s1. The van der Waals surface area contributed by atoms with Crippen LogP contribution in [0.3, 0.4) is 0 Å². The fourth-order valence-electron chi connectivity index (χ4n) is 3.60. The predicted octanol–water partition coefficient (Wildman–Crippen LogP) is -0.662. The first-order valence-electron chi connectivity index (χ1n) is 10.7. The maximum Gasteiger partial charge on any atom is 0.397 e. The van der Waals surface area contributed by atoms with E-state index in [1.807, 2.05) is 30.3 Å². The van der Waals surface area contributed by atoms with Crippen LogP contribution in [0.25, 0.3) is 0 Å². The van der Waals surface area contributed by atoms with Crippen molar-refractivity contribution in [1.82, 2.24) is 9.13 Å². The molecule has 1 aliphatic heterocycles. The van der Waals surface area contributed by atoms with Crippen LogP contribution in [-0.4, -0.2) is 70.5 Å². The lowest BCUT2D eigenvalue weighted by atomic mass is 10.1. The molecule has 0 amide bonds. The van der Waals surface area contributed by atoms with Crippen LogP contribution in [0, 0.1) is 6.92 Å². The molecule has 2 heterocycles. The van der Waals surface area contributed by atoms with E-state index in [0.717, 1.165) is 14.7 Å². The molecular formula is C21H28N2O11S. The normalized spacial score (nSPS) is 22.5. The predicted molar refractivity (Wildman–Crippen MR) is 120 cm³/mol. The van der Waals surface area contributed by atoms with Crippen molar-refractivity contribution >= 4 is 10.4 Å². The Labute approximate surface area is 201 Å². The summed E-state index contributed by atoms with van der Waals surface area (Å²) in [5.41, 5.74) is -0.268. The van der Waals surface area contributed by atoms with E-state index >= 15 is 0 Å². The minimum Gasteiger partial charge on any atom is -0.394 e. The number of benzene rings is 1. The summed E-state index contributed by atoms with van der Waals surface area (Å²) in [5, 5.41) is 20.1. The smallest absolute Gasteiger partial charge is 0.394 e. The van der Waals surface area contributed by atoms with Gasteiger partial charge in [0.1, 0.15) is 25.0 Å². The lowest BCUT2D eigenvalue weighted by Gasteiger charge is -2.23. The van der Waals surface area contributed by atoms with Gasteiger partial charge in [-0.2, -0.15) is 8.42 Å². The fraction of sp³-hybridized carbons (Fsp3) is 0.524. The molecule has 1 saturated heterocycles. The number of aromatic nitrogens is 2. The fourth-order valence-corrected chi connectivity index (χ4v) is 3.93. The van der Waals surface area contributed by atoms with Crippen molar-refractivity contribution in [2.24, 2.45) is 0 Å². The molecular weight excluding hydrogens is 488 g/mol. The Morgan fingerprint density at radius 2 is 1.86 bits per heavy atom. The Kier molecular flexibility index (Phi) is 9.32. The lowest BCUT2D eigenvalue weighted by Crippen LogP contribution is -2.45. The highest BCUT2D eigenvalue weighted by molar-refractivity contribution is 7.80. The summed E-state index contributed by atoms with van der Waals surface area (Å²) in [7, 11) is -4.60. The van der Waals surface area contributed by atoms with Crippen molar-refractivity contribution in [3.63, 3.8) is 0 Å². The van der Waals surface area contributed by atoms with Gasteiger partial charge < -0.3 is 24.4 Å². The van der Waals surface area contributed by atoms with Crippen LogP contribution in [0.4, 0.5) is 0 Å². The van der Waals surface area contributed by atoms with Gasteiger partial charge in [0.15, 0.2) is 6.23 Å². The summed E-state index contributed by atoms with van der Waals surface area (Å²) >= 11 is 0. The van der Waals surface area contributed by atoms with E-state index in [0.29, 0.717) is 0 Å². The molecule has 0 aliphatic carbocycles. The first kappa shape index (κ1) is 27.2. The van der Waals surface area contributed by atoms with Crippen molar-refractivity contribution in [3.8, 4) is 0 Å². The Morgan fingerprint density at radius 3 is 2.51 bits per heavy atom. The molecule has 1 fully saturated rings. The van der Waals surface area contributed by atoms with E-state index in [-0.39, 0.29) is 38.5 Å². The summed E-state index contributed by atoms with van der Waals surface area (Å²) in [6.07, 6.45) is -3.42. The SMILES string of the molecule is Cc1cn([C@@H]2O[C@H](CO)[C@@H](O)[C@H]2OCCCOS(=O)(=O)O)c(=O)n(COCc2ccccc2)c1=O. The second-order valence-electron chi connectivity index (χ2n) is 7.88. The van der Waals surface area contributed by atoms with Crippen LogP contribution in [-0.2, 0) is 42.1 Å². The van der Waals surface area contributed by atoms with Gasteiger partial charge in [-0.3, -0.25) is 13.9 Å². The summed E-state index contributed by atoms with van der Waals surface area (Å²) < 4.78 is 52.9. The van der Waals surface area contributed by atoms with Crippen LogP contribution in [0.5, 0.6) is 0 Å². The van der Waals surface area contributed by atoms with Gasteiger partial charge in [-0.25, -0.2) is 13.5 Å². The third-order valence-electron chi connectivity index (χ3n) is 5.30. The minimum absolute atomic E-state index is 0.0280. The molecule has 194 valence electrons. The zero-order chi connectivity index (χ0) is 25.6. The van der Waals surface area contributed by atoms with E-state index < -0.39 is 52.8 Å². The van der Waals surface area contributed by atoms with E-state index in [9.17, 15) is 28.2 Å². The largest absolute Gasteiger partial charge is 0.397 e. The second-order valence-corrected chi connectivity index (χ2v) is 8.97. The summed E-state index contributed by atoms with van der Waals surface area (Å²) in [6, 6.07) is 9.19. The van der Waals surface area contributed by atoms with Crippen LogP contribution in [0.1, 0.15) is 23.8 Å². The van der Waals surface area contributed by atoms with Crippen molar-refractivity contribution in [2.75, 3.05) is 19.8 Å². The molecule has 1 aromatic carbocycles. The van der Waals surface area contributed by atoms with Gasteiger partial charge in [0.05, 0.1) is 19.8 Å². The van der Waals surface area contributed by atoms with E-state index in [4.69, 9.17) is 18.8 Å². The molecule has 4 atom stereocenters. The van der Waals surface area contributed by atoms with Gasteiger partial charge in [0.2, 0.25) is 0 Å². The van der Waals surface area contributed by atoms with Gasteiger partial charge in [-0.05, 0) is 18.9 Å². The van der Waals surface area contributed by atoms with Gasteiger partial charge in [0.25, 0.3) is 5.56 Å². The van der Waals surface area contributed by atoms with E-state index in [1.165, 1.54) is 13.1 Å². The molecule has 0 spiro atoms. The van der Waals surface area contributed by atoms with Crippen molar-refractivity contribution in [1.29, 1.82) is 0 Å².